The maximum atomic E-state index is 13.0. The number of hydrogen-bond donors (Lipinski definition) is 1. The van der Waals surface area contributed by atoms with E-state index in [1.165, 1.54) is 11.8 Å². The average molecular weight is 422 g/mol. The van der Waals surface area contributed by atoms with Crippen molar-refractivity contribution in [2.75, 3.05) is 11.1 Å². The normalized spacial score (nSPS) is 11.2. The monoisotopic (exact) mass is 421 g/mol. The minimum Gasteiger partial charge on any atom is -0.325 e. The van der Waals surface area contributed by atoms with Gasteiger partial charge in [-0.25, -0.2) is 0 Å². The van der Waals surface area contributed by atoms with E-state index in [1.54, 1.807) is 4.57 Å². The van der Waals surface area contributed by atoms with E-state index in [0.717, 1.165) is 30.5 Å². The van der Waals surface area contributed by atoms with Crippen LogP contribution in [0.15, 0.2) is 64.5 Å². The number of para-hydroxylation sites is 2. The van der Waals surface area contributed by atoms with Crippen LogP contribution in [0.1, 0.15) is 26.2 Å². The Labute approximate surface area is 178 Å². The zero-order valence-electron chi connectivity index (χ0n) is 16.7. The highest BCUT2D eigenvalue weighted by Gasteiger charge is 2.17. The zero-order chi connectivity index (χ0) is 20.9. The number of thioether (sulfide) groups is 1. The summed E-state index contributed by atoms with van der Waals surface area (Å²) in [6.07, 6.45) is 3.02. The molecule has 1 amide bonds. The van der Waals surface area contributed by atoms with Crippen LogP contribution in [-0.2, 0) is 11.3 Å². The first-order chi connectivity index (χ1) is 14.7. The van der Waals surface area contributed by atoms with Gasteiger partial charge in [0.2, 0.25) is 11.7 Å². The van der Waals surface area contributed by atoms with Crippen molar-refractivity contribution in [2.24, 2.45) is 0 Å². The Bertz CT molecular complexity index is 1230. The van der Waals surface area contributed by atoms with Crippen LogP contribution in [0.2, 0.25) is 0 Å². The quantitative estimate of drug-likeness (QED) is 0.344. The largest absolute Gasteiger partial charge is 0.325 e. The summed E-state index contributed by atoms with van der Waals surface area (Å²) in [5, 5.41) is 12.7. The first-order valence-electron chi connectivity index (χ1n) is 10.0. The smallest absolute Gasteiger partial charge is 0.262 e. The number of rotatable bonds is 8. The van der Waals surface area contributed by atoms with Gasteiger partial charge in [0.05, 0.1) is 16.7 Å². The van der Waals surface area contributed by atoms with Gasteiger partial charge in [0, 0.05) is 12.2 Å². The number of aryl methyl sites for hydroxylation is 1. The van der Waals surface area contributed by atoms with Crippen LogP contribution in [0.4, 0.5) is 5.69 Å². The molecule has 0 atom stereocenters. The molecule has 1 N–H and O–H groups in total. The molecule has 0 unspecified atom stereocenters. The number of carbonyl (C=O) groups is 1. The molecule has 0 aliphatic rings. The lowest BCUT2D eigenvalue weighted by Crippen LogP contribution is -2.23. The van der Waals surface area contributed by atoms with Gasteiger partial charge in [0.15, 0.2) is 5.16 Å². The number of aromatic nitrogens is 4. The topological polar surface area (TPSA) is 81.3 Å². The molecule has 30 heavy (non-hydrogen) atoms. The van der Waals surface area contributed by atoms with Gasteiger partial charge in [-0.15, -0.1) is 10.2 Å². The second-order valence-corrected chi connectivity index (χ2v) is 7.94. The second kappa shape index (κ2) is 9.13. The lowest BCUT2D eigenvalue weighted by Gasteiger charge is -2.11. The number of unbranched alkanes of at least 4 members (excludes halogenated alkanes) is 2. The molecule has 7 nitrogen and oxygen atoms in total. The van der Waals surface area contributed by atoms with Crippen LogP contribution in [0.5, 0.6) is 0 Å². The van der Waals surface area contributed by atoms with Crippen LogP contribution < -0.4 is 10.9 Å². The molecule has 154 valence electrons. The molecule has 2 heterocycles. The Hall–Kier alpha value is -3.13. The Kier molecular flexibility index (Phi) is 6.13. The fourth-order valence-electron chi connectivity index (χ4n) is 3.40. The highest BCUT2D eigenvalue weighted by Crippen LogP contribution is 2.22. The molecule has 4 rings (SSSR count). The van der Waals surface area contributed by atoms with Crippen molar-refractivity contribution >= 4 is 40.0 Å². The zero-order valence-corrected chi connectivity index (χ0v) is 17.6. The maximum absolute atomic E-state index is 13.0. The van der Waals surface area contributed by atoms with Gasteiger partial charge in [-0.05, 0) is 30.7 Å². The third-order valence-electron chi connectivity index (χ3n) is 4.85. The van der Waals surface area contributed by atoms with E-state index in [-0.39, 0.29) is 17.2 Å². The van der Waals surface area contributed by atoms with Crippen molar-refractivity contribution in [1.82, 2.24) is 19.2 Å². The SMILES string of the molecule is CCCCCn1c(=O)c2ccccc2n2c(SCC(=O)Nc3ccccc3)nnc12. The van der Waals surface area contributed by atoms with Crippen molar-refractivity contribution in [1.29, 1.82) is 0 Å². The summed E-state index contributed by atoms with van der Waals surface area (Å²) in [5.74, 6) is 0.586. The lowest BCUT2D eigenvalue weighted by molar-refractivity contribution is -0.113. The van der Waals surface area contributed by atoms with E-state index in [4.69, 9.17) is 0 Å². The summed E-state index contributed by atoms with van der Waals surface area (Å²) in [6.45, 7) is 2.73. The van der Waals surface area contributed by atoms with E-state index in [2.05, 4.69) is 22.4 Å². The van der Waals surface area contributed by atoms with Crippen LogP contribution in [-0.4, -0.2) is 30.8 Å². The average Bonchev–Trinajstić information content (AvgIpc) is 3.19. The van der Waals surface area contributed by atoms with Gasteiger partial charge in [-0.1, -0.05) is 61.9 Å². The summed E-state index contributed by atoms with van der Waals surface area (Å²) >= 11 is 1.30. The van der Waals surface area contributed by atoms with Gasteiger partial charge in [-0.3, -0.25) is 18.6 Å². The van der Waals surface area contributed by atoms with Gasteiger partial charge in [0.25, 0.3) is 5.56 Å². The van der Waals surface area contributed by atoms with E-state index in [1.807, 2.05) is 59.0 Å². The highest BCUT2D eigenvalue weighted by molar-refractivity contribution is 7.99. The predicted octanol–water partition coefficient (Wildman–Crippen LogP) is 3.97. The lowest BCUT2D eigenvalue weighted by atomic mass is 10.2. The van der Waals surface area contributed by atoms with Crippen molar-refractivity contribution < 1.29 is 4.79 Å². The Morgan fingerprint density at radius 3 is 2.60 bits per heavy atom. The fourth-order valence-corrected chi connectivity index (χ4v) is 4.14. The number of nitrogens with zero attached hydrogens (tertiary/aromatic N) is 4. The number of amides is 1. The number of anilines is 1. The number of carbonyl (C=O) groups excluding carboxylic acids is 1. The minimum atomic E-state index is -0.122. The molecule has 0 saturated carbocycles. The summed E-state index contributed by atoms with van der Waals surface area (Å²) in [7, 11) is 0. The van der Waals surface area contributed by atoms with E-state index < -0.39 is 0 Å². The molecule has 0 spiro atoms. The number of fused-ring (bicyclic) bond motifs is 3. The Morgan fingerprint density at radius 1 is 1.03 bits per heavy atom. The summed E-state index contributed by atoms with van der Waals surface area (Å²) in [4.78, 5) is 25.4. The molecule has 4 aromatic rings. The molecule has 0 aliphatic heterocycles. The molecule has 2 aromatic heterocycles. The standard InChI is InChI=1S/C22H23N5O2S/c1-2-3-9-14-26-20(29)17-12-7-8-13-18(17)27-21(26)24-25-22(27)30-15-19(28)23-16-10-5-4-6-11-16/h4-8,10-13H,2-3,9,14-15H2,1H3,(H,23,28). The van der Waals surface area contributed by atoms with Crippen LogP contribution >= 0.6 is 11.8 Å². The minimum absolute atomic E-state index is 0.0556. The van der Waals surface area contributed by atoms with Gasteiger partial charge in [-0.2, -0.15) is 0 Å². The first kappa shape index (κ1) is 20.2. The van der Waals surface area contributed by atoms with Crippen LogP contribution in [0.3, 0.4) is 0 Å². The van der Waals surface area contributed by atoms with Crippen LogP contribution in [0, 0.1) is 0 Å². The summed E-state index contributed by atoms with van der Waals surface area (Å²) in [6, 6.07) is 16.8. The predicted molar refractivity (Wildman–Crippen MR) is 120 cm³/mol. The maximum Gasteiger partial charge on any atom is 0.262 e. The third-order valence-corrected chi connectivity index (χ3v) is 5.78. The molecule has 2 aromatic carbocycles. The van der Waals surface area contributed by atoms with Crippen molar-refractivity contribution in [3.05, 3.63) is 65.0 Å². The summed E-state index contributed by atoms with van der Waals surface area (Å²) in [5.41, 5.74) is 1.45. The molecule has 0 saturated heterocycles. The van der Waals surface area contributed by atoms with Gasteiger partial charge in [0.1, 0.15) is 0 Å². The fraction of sp³-hybridized carbons (Fsp3) is 0.273. The molecule has 0 fully saturated rings. The molecule has 0 aliphatic carbocycles. The van der Waals surface area contributed by atoms with Gasteiger partial charge >= 0.3 is 0 Å². The van der Waals surface area contributed by atoms with Crippen LogP contribution in [0.25, 0.3) is 16.7 Å². The second-order valence-electron chi connectivity index (χ2n) is 7.00. The van der Waals surface area contributed by atoms with Crippen molar-refractivity contribution in [3.8, 4) is 0 Å². The van der Waals surface area contributed by atoms with E-state index in [0.29, 0.717) is 22.9 Å². The number of benzene rings is 2. The third kappa shape index (κ3) is 4.09. The molecule has 0 bridgehead atoms. The first-order valence-corrected chi connectivity index (χ1v) is 11.0. The number of hydrogen-bond acceptors (Lipinski definition) is 5. The van der Waals surface area contributed by atoms with Crippen molar-refractivity contribution in [2.45, 2.75) is 37.9 Å². The van der Waals surface area contributed by atoms with E-state index in [9.17, 15) is 9.59 Å². The molecular formula is C22H23N5O2S. The molecule has 8 heteroatoms. The Balaban J connectivity index is 1.66. The molecule has 0 radical (unpaired) electrons. The van der Waals surface area contributed by atoms with E-state index >= 15 is 0 Å². The van der Waals surface area contributed by atoms with Crippen molar-refractivity contribution in [3.63, 3.8) is 0 Å². The highest BCUT2D eigenvalue weighted by atomic mass is 32.2. The Morgan fingerprint density at radius 2 is 1.80 bits per heavy atom. The number of nitrogens with one attached hydrogen (secondary N) is 1. The molecular weight excluding hydrogens is 398 g/mol. The van der Waals surface area contributed by atoms with Gasteiger partial charge < -0.3 is 5.32 Å². The summed E-state index contributed by atoms with van der Waals surface area (Å²) < 4.78 is 3.57.